The smallest absolute Gasteiger partial charge is 0.111 e. The first-order valence-corrected chi connectivity index (χ1v) is 3.55. The maximum atomic E-state index is 8.97. The third-order valence-corrected chi connectivity index (χ3v) is 2.10. The molecule has 12 heavy (non-hydrogen) atoms. The van der Waals surface area contributed by atoms with E-state index >= 15 is 0 Å². The Morgan fingerprint density at radius 2 is 0.417 bits per heavy atom. The summed E-state index contributed by atoms with van der Waals surface area (Å²) in [6.07, 6.45) is -9.84. The van der Waals surface area contributed by atoms with Crippen LogP contribution in [0.15, 0.2) is 0 Å². The summed E-state index contributed by atoms with van der Waals surface area (Å²) in [4.78, 5) is 0. The molecule has 0 atom stereocenters. The largest absolute Gasteiger partial charge is 0.387 e. The van der Waals surface area contributed by atoms with Crippen molar-refractivity contribution in [2.75, 3.05) is 0 Å². The Balaban J connectivity index is 2.76. The molecule has 0 radical (unpaired) electrons. The van der Waals surface area contributed by atoms with E-state index in [1.54, 1.807) is 0 Å². The molecular formula is C6H12O6. The summed E-state index contributed by atoms with van der Waals surface area (Å²) in [5.74, 6) is 0. The van der Waals surface area contributed by atoms with Crippen molar-refractivity contribution >= 4 is 0 Å². The molecule has 0 aliphatic heterocycles. The minimum atomic E-state index is -1.64. The molecule has 0 aromatic carbocycles. The van der Waals surface area contributed by atoms with E-state index in [1.165, 1.54) is 0 Å². The van der Waals surface area contributed by atoms with Gasteiger partial charge in [0.25, 0.3) is 0 Å². The predicted octanol–water partition coefficient (Wildman–Crippen LogP) is -3.83. The first-order chi connectivity index (χ1) is 5.46. The van der Waals surface area contributed by atoms with E-state index in [0.29, 0.717) is 0 Å². The molecule has 1 saturated carbocycles. The molecule has 6 heteroatoms. The van der Waals surface area contributed by atoms with Gasteiger partial charge in [0.1, 0.15) is 36.6 Å². The standard InChI is InChI=1S/C6H12O6/c7-1-2(8)4(10)6(12)5(11)3(1)9/h1-12H/t1-,2-,3-,4?,5-,6-. The van der Waals surface area contributed by atoms with Crippen LogP contribution < -0.4 is 0 Å². The van der Waals surface area contributed by atoms with Crippen molar-refractivity contribution in [2.45, 2.75) is 36.6 Å². The highest BCUT2D eigenvalue weighted by Gasteiger charge is 2.47. The fourth-order valence-electron chi connectivity index (χ4n) is 1.21. The van der Waals surface area contributed by atoms with E-state index in [9.17, 15) is 0 Å². The zero-order valence-corrected chi connectivity index (χ0v) is 6.15. The van der Waals surface area contributed by atoms with Gasteiger partial charge < -0.3 is 30.6 Å². The van der Waals surface area contributed by atoms with E-state index in [4.69, 9.17) is 30.6 Å². The molecule has 0 aromatic rings. The molecule has 0 aromatic heterocycles. The minimum absolute atomic E-state index is 1.64. The van der Waals surface area contributed by atoms with Crippen molar-refractivity contribution in [1.29, 1.82) is 0 Å². The Morgan fingerprint density at radius 1 is 0.333 bits per heavy atom. The highest BCUT2D eigenvalue weighted by atomic mass is 16.4. The van der Waals surface area contributed by atoms with E-state index in [1.807, 2.05) is 0 Å². The fourth-order valence-corrected chi connectivity index (χ4v) is 1.21. The first kappa shape index (κ1) is 9.85. The van der Waals surface area contributed by atoms with Crippen LogP contribution in [-0.2, 0) is 0 Å². The lowest BCUT2D eigenvalue weighted by molar-refractivity contribution is -0.223. The lowest BCUT2D eigenvalue weighted by Gasteiger charge is -2.39. The summed E-state index contributed by atoms with van der Waals surface area (Å²) in [6, 6.07) is 0. The van der Waals surface area contributed by atoms with Gasteiger partial charge in [-0.1, -0.05) is 0 Å². The summed E-state index contributed by atoms with van der Waals surface area (Å²) in [5, 5.41) is 53.8. The zero-order chi connectivity index (χ0) is 9.46. The number of hydrogen-bond acceptors (Lipinski definition) is 6. The van der Waals surface area contributed by atoms with Gasteiger partial charge in [0, 0.05) is 0 Å². The Bertz CT molecular complexity index is 104. The summed E-state index contributed by atoms with van der Waals surface area (Å²) in [7, 11) is 0. The second-order valence-electron chi connectivity index (χ2n) is 2.94. The molecule has 1 aliphatic rings. The van der Waals surface area contributed by atoms with Crippen molar-refractivity contribution < 1.29 is 30.6 Å². The molecule has 1 rings (SSSR count). The van der Waals surface area contributed by atoms with Crippen LogP contribution in [0.1, 0.15) is 0 Å². The van der Waals surface area contributed by atoms with Crippen LogP contribution in [0.25, 0.3) is 0 Å². The molecule has 0 unspecified atom stereocenters. The van der Waals surface area contributed by atoms with Gasteiger partial charge >= 0.3 is 0 Å². The Kier molecular flexibility index (Phi) is 2.67. The van der Waals surface area contributed by atoms with Crippen molar-refractivity contribution in [3.8, 4) is 0 Å². The number of aliphatic hydroxyl groups excluding tert-OH is 6. The first-order valence-electron chi connectivity index (χ1n) is 3.55. The molecule has 0 saturated heterocycles. The second-order valence-corrected chi connectivity index (χ2v) is 2.94. The van der Waals surface area contributed by atoms with Crippen LogP contribution in [-0.4, -0.2) is 67.3 Å². The Hall–Kier alpha value is -0.240. The van der Waals surface area contributed by atoms with E-state index in [-0.39, 0.29) is 0 Å². The van der Waals surface area contributed by atoms with E-state index in [0.717, 1.165) is 0 Å². The van der Waals surface area contributed by atoms with Gasteiger partial charge in [0.05, 0.1) is 0 Å². The average Bonchev–Trinajstić information content (AvgIpc) is 2.08. The van der Waals surface area contributed by atoms with Crippen LogP contribution >= 0.6 is 0 Å². The summed E-state index contributed by atoms with van der Waals surface area (Å²) < 4.78 is 0. The average molecular weight is 180 g/mol. The molecule has 72 valence electrons. The minimum Gasteiger partial charge on any atom is -0.387 e. The molecule has 6 N–H and O–H groups in total. The normalized spacial score (nSPS) is 55.5. The summed E-state index contributed by atoms with van der Waals surface area (Å²) in [5.41, 5.74) is 0. The lowest BCUT2D eigenvalue weighted by Crippen LogP contribution is -2.63. The van der Waals surface area contributed by atoms with Gasteiger partial charge in [-0.3, -0.25) is 0 Å². The molecule has 0 bridgehead atoms. The molecule has 1 fully saturated rings. The van der Waals surface area contributed by atoms with Crippen LogP contribution in [0.3, 0.4) is 0 Å². The summed E-state index contributed by atoms with van der Waals surface area (Å²) in [6.45, 7) is 0. The monoisotopic (exact) mass is 180 g/mol. The number of rotatable bonds is 0. The van der Waals surface area contributed by atoms with Crippen molar-refractivity contribution in [3.63, 3.8) is 0 Å². The fraction of sp³-hybridized carbons (Fsp3) is 1.00. The Labute approximate surface area is 68.3 Å². The second kappa shape index (κ2) is 3.25. The van der Waals surface area contributed by atoms with Crippen LogP contribution in [0.4, 0.5) is 0 Å². The zero-order valence-electron chi connectivity index (χ0n) is 6.15. The predicted molar refractivity (Wildman–Crippen MR) is 36.0 cm³/mol. The van der Waals surface area contributed by atoms with Gasteiger partial charge in [0.15, 0.2) is 0 Å². The van der Waals surface area contributed by atoms with Gasteiger partial charge in [-0.15, -0.1) is 0 Å². The van der Waals surface area contributed by atoms with Gasteiger partial charge in [0.2, 0.25) is 0 Å². The topological polar surface area (TPSA) is 121 Å². The van der Waals surface area contributed by atoms with Crippen LogP contribution in [0.2, 0.25) is 0 Å². The molecule has 0 spiro atoms. The number of hydrogen-bond donors (Lipinski definition) is 6. The van der Waals surface area contributed by atoms with Gasteiger partial charge in [-0.05, 0) is 0 Å². The van der Waals surface area contributed by atoms with Crippen molar-refractivity contribution in [2.24, 2.45) is 0 Å². The highest BCUT2D eigenvalue weighted by molar-refractivity contribution is 4.98. The SMILES string of the molecule is OC1[C@H](O)[C@@H](O)[C@@H](O)[C@@H](O)[C@@H]1O. The molecular weight excluding hydrogens is 168 g/mol. The molecule has 1 aliphatic carbocycles. The molecule has 0 amide bonds. The quantitative estimate of drug-likeness (QED) is 0.227. The lowest BCUT2D eigenvalue weighted by atomic mass is 9.85. The van der Waals surface area contributed by atoms with E-state index in [2.05, 4.69) is 0 Å². The van der Waals surface area contributed by atoms with Crippen LogP contribution in [0, 0.1) is 0 Å². The molecule has 6 nitrogen and oxygen atoms in total. The summed E-state index contributed by atoms with van der Waals surface area (Å²) >= 11 is 0. The van der Waals surface area contributed by atoms with Crippen molar-refractivity contribution in [1.82, 2.24) is 0 Å². The van der Waals surface area contributed by atoms with E-state index < -0.39 is 36.6 Å². The molecule has 0 heterocycles. The van der Waals surface area contributed by atoms with Crippen LogP contribution in [0.5, 0.6) is 0 Å². The van der Waals surface area contributed by atoms with Crippen molar-refractivity contribution in [3.05, 3.63) is 0 Å². The number of aliphatic hydroxyl groups is 6. The highest BCUT2D eigenvalue weighted by Crippen LogP contribution is 2.20. The third kappa shape index (κ3) is 1.33. The Morgan fingerprint density at radius 3 is 0.500 bits per heavy atom. The van der Waals surface area contributed by atoms with Gasteiger partial charge in [-0.25, -0.2) is 0 Å². The third-order valence-electron chi connectivity index (χ3n) is 2.10. The maximum Gasteiger partial charge on any atom is 0.111 e. The van der Waals surface area contributed by atoms with Gasteiger partial charge in [-0.2, -0.15) is 0 Å². The maximum absolute atomic E-state index is 8.97.